The Balaban J connectivity index is 1.06. The van der Waals surface area contributed by atoms with Gasteiger partial charge in [0.15, 0.2) is 0 Å². The van der Waals surface area contributed by atoms with Crippen LogP contribution < -0.4 is 4.90 Å². The summed E-state index contributed by atoms with van der Waals surface area (Å²) in [5, 5.41) is 2.50. The van der Waals surface area contributed by atoms with Gasteiger partial charge < -0.3 is 9.47 Å². The van der Waals surface area contributed by atoms with Gasteiger partial charge in [0.25, 0.3) is 0 Å². The van der Waals surface area contributed by atoms with Gasteiger partial charge in [-0.2, -0.15) is 0 Å². The van der Waals surface area contributed by atoms with Crippen molar-refractivity contribution in [3.63, 3.8) is 0 Å². The zero-order valence-electron chi connectivity index (χ0n) is 33.6. The number of rotatable bonds is 5. The molecule has 0 amide bonds. The molecule has 5 aliphatic rings. The molecule has 0 saturated heterocycles. The molecule has 0 saturated carbocycles. The van der Waals surface area contributed by atoms with Crippen molar-refractivity contribution in [3.8, 4) is 16.8 Å². The largest absolute Gasteiger partial charge is 0.310 e. The van der Waals surface area contributed by atoms with E-state index in [0.717, 1.165) is 17.1 Å². The van der Waals surface area contributed by atoms with Crippen LogP contribution in [0.25, 0.3) is 44.2 Å². The molecule has 2 nitrogen and oxygen atoms in total. The van der Waals surface area contributed by atoms with Gasteiger partial charge >= 0.3 is 0 Å². The number of hydrogen-bond acceptors (Lipinski definition) is 1. The second-order valence-corrected chi connectivity index (χ2v) is 17.1. The minimum absolute atomic E-state index is 0.268. The molecule has 5 aliphatic carbocycles. The third kappa shape index (κ3) is 4.91. The Morgan fingerprint density at radius 1 is 0.492 bits per heavy atom. The maximum Gasteiger partial charge on any atom is 0.0561 e. The van der Waals surface area contributed by atoms with Gasteiger partial charge in [0.2, 0.25) is 0 Å². The van der Waals surface area contributed by atoms with Crippen molar-refractivity contribution in [1.82, 2.24) is 4.57 Å². The fourth-order valence-corrected chi connectivity index (χ4v) is 11.7. The zero-order chi connectivity index (χ0) is 40.1. The van der Waals surface area contributed by atoms with Crippen molar-refractivity contribution in [1.29, 1.82) is 0 Å². The molecule has 0 radical (unpaired) electrons. The second-order valence-electron chi connectivity index (χ2n) is 17.1. The first-order valence-corrected chi connectivity index (χ1v) is 21.7. The van der Waals surface area contributed by atoms with Crippen LogP contribution in [-0.2, 0) is 5.41 Å². The minimum atomic E-state index is -0.315. The number of aromatic nitrogens is 1. The highest BCUT2D eigenvalue weighted by atomic mass is 15.1. The summed E-state index contributed by atoms with van der Waals surface area (Å²) in [6.07, 6.45) is 25.5. The van der Waals surface area contributed by atoms with Crippen LogP contribution in [0.5, 0.6) is 0 Å². The number of fused-ring (bicyclic) bond motifs is 14. The van der Waals surface area contributed by atoms with E-state index >= 15 is 0 Å². The molecule has 1 heterocycles. The lowest BCUT2D eigenvalue weighted by atomic mass is 9.65. The van der Waals surface area contributed by atoms with E-state index in [9.17, 15) is 0 Å². The van der Waals surface area contributed by atoms with Crippen molar-refractivity contribution >= 4 is 44.4 Å². The van der Waals surface area contributed by atoms with Crippen LogP contribution >= 0.6 is 0 Å². The van der Waals surface area contributed by atoms with Crippen molar-refractivity contribution in [2.24, 2.45) is 17.8 Å². The Labute approximate surface area is 356 Å². The lowest BCUT2D eigenvalue weighted by molar-refractivity contribution is 0.465. The lowest BCUT2D eigenvalue weighted by Gasteiger charge is -2.36. The molecular formula is C59H42N2. The molecule has 2 heteroatoms. The van der Waals surface area contributed by atoms with E-state index in [4.69, 9.17) is 0 Å². The number of allylic oxidation sites excluding steroid dienone is 12. The summed E-state index contributed by atoms with van der Waals surface area (Å²) in [6, 6.07) is 61.5. The topological polar surface area (TPSA) is 8.17 Å². The molecule has 5 unspecified atom stereocenters. The van der Waals surface area contributed by atoms with E-state index in [-0.39, 0.29) is 11.3 Å². The maximum absolute atomic E-state index is 2.52. The number of benzene rings is 7. The first-order chi connectivity index (χ1) is 30.3. The quantitative estimate of drug-likeness (QED) is 0.169. The average molecular weight is 779 g/mol. The molecule has 0 bridgehead atoms. The summed E-state index contributed by atoms with van der Waals surface area (Å²) in [7, 11) is 0. The molecule has 5 atom stereocenters. The van der Waals surface area contributed by atoms with E-state index in [2.05, 4.69) is 240 Å². The van der Waals surface area contributed by atoms with E-state index < -0.39 is 0 Å². The van der Waals surface area contributed by atoms with E-state index in [1.807, 2.05) is 0 Å². The third-order valence-corrected chi connectivity index (χ3v) is 14.2. The molecule has 7 aromatic carbocycles. The van der Waals surface area contributed by atoms with Gasteiger partial charge in [-0.1, -0.05) is 182 Å². The molecule has 1 aromatic heterocycles. The van der Waals surface area contributed by atoms with Crippen LogP contribution in [0.3, 0.4) is 0 Å². The van der Waals surface area contributed by atoms with E-state index in [1.165, 1.54) is 72.0 Å². The van der Waals surface area contributed by atoms with Gasteiger partial charge in [-0.15, -0.1) is 0 Å². The summed E-state index contributed by atoms with van der Waals surface area (Å²) < 4.78 is 2.43. The van der Waals surface area contributed by atoms with Crippen molar-refractivity contribution < 1.29 is 0 Å². The first-order valence-electron chi connectivity index (χ1n) is 21.7. The smallest absolute Gasteiger partial charge is 0.0561 e. The second kappa shape index (κ2) is 13.3. The molecule has 288 valence electrons. The Hall–Kier alpha value is -7.42. The molecular weight excluding hydrogens is 737 g/mol. The Bertz CT molecular complexity index is 3280. The Morgan fingerprint density at radius 2 is 1.20 bits per heavy atom. The van der Waals surface area contributed by atoms with E-state index in [0.29, 0.717) is 17.8 Å². The molecule has 0 N–H and O–H groups in total. The van der Waals surface area contributed by atoms with Crippen LogP contribution in [0.4, 0.5) is 17.1 Å². The highest BCUT2D eigenvalue weighted by molar-refractivity contribution is 6.10. The zero-order valence-corrected chi connectivity index (χ0v) is 33.6. The number of nitrogens with zero attached hydrogens (tertiary/aromatic N) is 2. The lowest BCUT2D eigenvalue weighted by Crippen LogP contribution is -2.33. The molecule has 1 spiro atoms. The normalized spacial score (nSPS) is 22.3. The molecule has 13 rings (SSSR count). The van der Waals surface area contributed by atoms with Crippen LogP contribution in [0, 0.1) is 17.8 Å². The van der Waals surface area contributed by atoms with Crippen molar-refractivity contribution in [2.45, 2.75) is 11.3 Å². The molecule has 0 aliphatic heterocycles. The van der Waals surface area contributed by atoms with Crippen LogP contribution in [0.15, 0.2) is 231 Å². The number of para-hydroxylation sites is 2. The molecule has 0 fully saturated rings. The van der Waals surface area contributed by atoms with Gasteiger partial charge in [0.1, 0.15) is 0 Å². The van der Waals surface area contributed by atoms with Crippen LogP contribution in [0.2, 0.25) is 0 Å². The number of hydrogen-bond donors (Lipinski definition) is 0. The Morgan fingerprint density at radius 3 is 2.10 bits per heavy atom. The van der Waals surface area contributed by atoms with Gasteiger partial charge in [-0.3, -0.25) is 0 Å². The summed E-state index contributed by atoms with van der Waals surface area (Å²) >= 11 is 0. The molecule has 8 aromatic rings. The predicted molar refractivity (Wildman–Crippen MR) is 254 cm³/mol. The summed E-state index contributed by atoms with van der Waals surface area (Å²) in [4.78, 5) is 2.52. The van der Waals surface area contributed by atoms with Gasteiger partial charge in [0.05, 0.1) is 22.1 Å². The average Bonchev–Trinajstić information content (AvgIpc) is 3.94. The Kier molecular flexibility index (Phi) is 7.51. The van der Waals surface area contributed by atoms with Gasteiger partial charge in [0, 0.05) is 57.1 Å². The van der Waals surface area contributed by atoms with Crippen molar-refractivity contribution in [3.05, 3.63) is 258 Å². The minimum Gasteiger partial charge on any atom is -0.310 e. The summed E-state index contributed by atoms with van der Waals surface area (Å²) in [5.74, 6) is 1.40. The molecule has 61 heavy (non-hydrogen) atoms. The maximum atomic E-state index is 2.52. The third-order valence-electron chi connectivity index (χ3n) is 14.2. The van der Waals surface area contributed by atoms with Crippen LogP contribution in [-0.4, -0.2) is 4.57 Å². The fourth-order valence-electron chi connectivity index (χ4n) is 11.7. The number of anilines is 3. The highest BCUT2D eigenvalue weighted by Gasteiger charge is 2.57. The van der Waals surface area contributed by atoms with Crippen LogP contribution in [0.1, 0.15) is 33.7 Å². The van der Waals surface area contributed by atoms with Crippen molar-refractivity contribution in [2.75, 3.05) is 4.90 Å². The standard InChI is InChI=1S/C59H42N2/c1-2-17-43(18-3-1)61-55-27-13-9-21-48(55)49-36-35-45(38-57(49)61)60(44-33-31-40(32-34-44)42-30-29-39-15-4-5-16-41(39)37-42)56-28-14-26-54-58(56)50-22-8-12-25-53(50)59(54)51-23-10-6-19-46(51)47-20-7-11-24-52(47)59/h1-39,41,46,51H. The monoisotopic (exact) mass is 778 g/mol. The summed E-state index contributed by atoms with van der Waals surface area (Å²) in [5.41, 5.74) is 17.4. The van der Waals surface area contributed by atoms with Gasteiger partial charge in [-0.25, -0.2) is 0 Å². The predicted octanol–water partition coefficient (Wildman–Crippen LogP) is 14.7. The van der Waals surface area contributed by atoms with E-state index in [1.54, 1.807) is 0 Å². The fraction of sp³-hybridized carbons (Fsp3) is 0.0847. The summed E-state index contributed by atoms with van der Waals surface area (Å²) in [6.45, 7) is 0. The first kappa shape index (κ1) is 34.4. The highest BCUT2D eigenvalue weighted by Crippen LogP contribution is 2.66. The SMILES string of the molecule is C1=CC2C=CC(c3ccc(N(c4ccc5c6ccccc6n(-c6ccccc6)c5c4)c4cccc5c4-c4ccccc4C54c5ccccc5C5C=CC=CC54)cc3)=CC2C=C1. The van der Waals surface area contributed by atoms with Gasteiger partial charge in [-0.05, 0) is 87.5 Å².